The number of aromatic nitrogens is 3. The molecule has 1 saturated carbocycles. The van der Waals surface area contributed by atoms with Gasteiger partial charge in [-0.1, -0.05) is 0 Å². The average Bonchev–Trinajstić information content (AvgIpc) is 3.18. The van der Waals surface area contributed by atoms with Crippen molar-refractivity contribution < 1.29 is 9.53 Å². The van der Waals surface area contributed by atoms with Crippen LogP contribution in [-0.2, 0) is 4.79 Å². The van der Waals surface area contributed by atoms with Crippen LogP contribution in [0.25, 0.3) is 0 Å². The lowest BCUT2D eigenvalue weighted by Crippen LogP contribution is -2.25. The van der Waals surface area contributed by atoms with Gasteiger partial charge in [-0.2, -0.15) is 15.0 Å². The Hall–Kier alpha value is -1.63. The third-order valence-electron chi connectivity index (χ3n) is 2.58. The molecule has 1 fully saturated rings. The molecule has 8 heteroatoms. The minimum absolute atomic E-state index is 0.0702. The molecule has 0 aliphatic heterocycles. The molecule has 1 aliphatic carbocycles. The molecule has 0 unspecified atom stereocenters. The first-order chi connectivity index (χ1) is 9.17. The van der Waals surface area contributed by atoms with Gasteiger partial charge in [0.05, 0.1) is 7.11 Å². The number of nitrogens with one attached hydrogen (secondary N) is 2. The molecule has 0 saturated heterocycles. The molecule has 0 bridgehead atoms. The van der Waals surface area contributed by atoms with E-state index in [1.54, 1.807) is 0 Å². The van der Waals surface area contributed by atoms with Crippen molar-refractivity contribution in [3.8, 4) is 6.01 Å². The average molecular weight is 286 g/mol. The van der Waals surface area contributed by atoms with Crippen molar-refractivity contribution in [2.24, 2.45) is 0 Å². The highest BCUT2D eigenvalue weighted by Gasteiger charge is 2.22. The lowest BCUT2D eigenvalue weighted by molar-refractivity contribution is -0.121. The van der Waals surface area contributed by atoms with Crippen LogP contribution in [0.5, 0.6) is 6.01 Å². The second-order valence-electron chi connectivity index (χ2n) is 4.29. The van der Waals surface area contributed by atoms with Crippen molar-refractivity contribution >= 4 is 23.5 Å². The largest absolute Gasteiger partial charge is 0.467 e. The van der Waals surface area contributed by atoms with Gasteiger partial charge in [0.1, 0.15) is 0 Å². The molecule has 0 radical (unpaired) electrons. The SMILES string of the molecule is COc1nc(Cl)nc(NCCCC(=O)NC2CC2)n1. The Labute approximate surface area is 116 Å². The highest BCUT2D eigenvalue weighted by molar-refractivity contribution is 6.28. The summed E-state index contributed by atoms with van der Waals surface area (Å²) in [5.41, 5.74) is 0. The number of rotatable bonds is 7. The number of ether oxygens (including phenoxy) is 1. The van der Waals surface area contributed by atoms with Crippen LogP contribution in [0.1, 0.15) is 25.7 Å². The fourth-order valence-corrected chi connectivity index (χ4v) is 1.63. The van der Waals surface area contributed by atoms with Crippen LogP contribution >= 0.6 is 11.6 Å². The molecular weight excluding hydrogens is 270 g/mol. The first-order valence-corrected chi connectivity index (χ1v) is 6.54. The summed E-state index contributed by atoms with van der Waals surface area (Å²) in [6.07, 6.45) is 3.39. The van der Waals surface area contributed by atoms with Gasteiger partial charge in [-0.05, 0) is 30.9 Å². The third kappa shape index (κ3) is 4.86. The topological polar surface area (TPSA) is 89.0 Å². The molecule has 19 heavy (non-hydrogen) atoms. The first-order valence-electron chi connectivity index (χ1n) is 6.16. The number of carbonyl (C=O) groups is 1. The molecule has 2 rings (SSSR count). The predicted octanol–water partition coefficient (Wildman–Crippen LogP) is 1.00. The summed E-state index contributed by atoms with van der Waals surface area (Å²) in [6.45, 7) is 0.585. The Morgan fingerprint density at radius 1 is 1.42 bits per heavy atom. The highest BCUT2D eigenvalue weighted by Crippen LogP contribution is 2.18. The Morgan fingerprint density at radius 2 is 2.21 bits per heavy atom. The summed E-state index contributed by atoms with van der Waals surface area (Å²) >= 11 is 5.71. The molecule has 7 nitrogen and oxygen atoms in total. The molecule has 1 aliphatic rings. The normalized spacial score (nSPS) is 14.0. The molecule has 0 aromatic carbocycles. The molecule has 2 N–H and O–H groups in total. The van der Waals surface area contributed by atoms with Gasteiger partial charge in [0.25, 0.3) is 0 Å². The lowest BCUT2D eigenvalue weighted by Gasteiger charge is -2.06. The first kappa shape index (κ1) is 13.8. The zero-order valence-electron chi connectivity index (χ0n) is 10.6. The van der Waals surface area contributed by atoms with E-state index in [2.05, 4.69) is 25.6 Å². The Kier molecular flexibility index (Phi) is 4.73. The summed E-state index contributed by atoms with van der Waals surface area (Å²) in [7, 11) is 1.46. The van der Waals surface area contributed by atoms with E-state index < -0.39 is 0 Å². The fourth-order valence-electron chi connectivity index (χ4n) is 1.48. The summed E-state index contributed by atoms with van der Waals surface area (Å²) in [5.74, 6) is 0.440. The monoisotopic (exact) mass is 285 g/mol. The molecule has 104 valence electrons. The smallest absolute Gasteiger partial charge is 0.322 e. The van der Waals surface area contributed by atoms with Crippen molar-refractivity contribution in [2.45, 2.75) is 31.7 Å². The second-order valence-corrected chi connectivity index (χ2v) is 4.62. The number of halogens is 1. The minimum atomic E-state index is 0.0702. The number of nitrogens with zero attached hydrogens (tertiary/aromatic N) is 3. The summed E-state index contributed by atoms with van der Waals surface area (Å²) in [5, 5.41) is 5.98. The zero-order valence-corrected chi connectivity index (χ0v) is 11.4. The molecule has 0 spiro atoms. The standard InChI is InChI=1S/C11H16ClN5O2/c1-19-11-16-9(12)15-10(17-11)13-6-2-3-8(18)14-7-4-5-7/h7H,2-6H2,1H3,(H,14,18)(H,13,15,16,17). The van der Waals surface area contributed by atoms with Crippen molar-refractivity contribution in [1.29, 1.82) is 0 Å². The van der Waals surface area contributed by atoms with E-state index in [1.165, 1.54) is 7.11 Å². The molecular formula is C11H16ClN5O2. The van der Waals surface area contributed by atoms with Crippen LogP contribution in [-0.4, -0.2) is 40.6 Å². The van der Waals surface area contributed by atoms with Crippen LogP contribution in [0.2, 0.25) is 5.28 Å². The van der Waals surface area contributed by atoms with Gasteiger partial charge in [-0.15, -0.1) is 0 Å². The molecule has 0 atom stereocenters. The number of methoxy groups -OCH3 is 1. The predicted molar refractivity (Wildman–Crippen MR) is 70.3 cm³/mol. The van der Waals surface area contributed by atoms with Gasteiger partial charge < -0.3 is 15.4 Å². The summed E-state index contributed by atoms with van der Waals surface area (Å²) < 4.78 is 4.88. The lowest BCUT2D eigenvalue weighted by atomic mass is 10.3. The van der Waals surface area contributed by atoms with Crippen molar-refractivity contribution in [1.82, 2.24) is 20.3 Å². The Morgan fingerprint density at radius 3 is 2.89 bits per heavy atom. The Bertz CT molecular complexity index is 453. The van der Waals surface area contributed by atoms with Crippen molar-refractivity contribution in [2.75, 3.05) is 19.0 Å². The van der Waals surface area contributed by atoms with E-state index in [1.807, 2.05) is 0 Å². The molecule has 1 heterocycles. The fraction of sp³-hybridized carbons (Fsp3) is 0.636. The number of hydrogen-bond donors (Lipinski definition) is 2. The number of anilines is 1. The van der Waals surface area contributed by atoms with Crippen molar-refractivity contribution in [3.05, 3.63) is 5.28 Å². The van der Waals surface area contributed by atoms with E-state index in [-0.39, 0.29) is 17.2 Å². The number of carbonyl (C=O) groups excluding carboxylic acids is 1. The Balaban J connectivity index is 1.69. The maximum atomic E-state index is 11.4. The quantitative estimate of drug-likeness (QED) is 0.727. The maximum absolute atomic E-state index is 11.4. The molecule has 1 aromatic rings. The van der Waals surface area contributed by atoms with Gasteiger partial charge in [0, 0.05) is 19.0 Å². The van der Waals surface area contributed by atoms with E-state index in [0.717, 1.165) is 12.8 Å². The second kappa shape index (κ2) is 6.51. The van der Waals surface area contributed by atoms with E-state index in [9.17, 15) is 4.79 Å². The molecule has 1 aromatic heterocycles. The number of amides is 1. The van der Waals surface area contributed by atoms with Gasteiger partial charge in [-0.25, -0.2) is 0 Å². The molecule has 1 amide bonds. The van der Waals surface area contributed by atoms with Crippen LogP contribution in [0.15, 0.2) is 0 Å². The van der Waals surface area contributed by atoms with Crippen LogP contribution in [0, 0.1) is 0 Å². The number of hydrogen-bond acceptors (Lipinski definition) is 6. The minimum Gasteiger partial charge on any atom is -0.467 e. The third-order valence-corrected chi connectivity index (χ3v) is 2.75. The van der Waals surface area contributed by atoms with Crippen LogP contribution < -0.4 is 15.4 Å². The summed E-state index contributed by atoms with van der Waals surface area (Å²) in [6, 6.07) is 0.570. The zero-order chi connectivity index (χ0) is 13.7. The highest BCUT2D eigenvalue weighted by atomic mass is 35.5. The van der Waals surface area contributed by atoms with Gasteiger partial charge in [0.15, 0.2) is 0 Å². The van der Waals surface area contributed by atoms with Gasteiger partial charge >= 0.3 is 6.01 Å². The van der Waals surface area contributed by atoms with Crippen LogP contribution in [0.3, 0.4) is 0 Å². The van der Waals surface area contributed by atoms with E-state index in [4.69, 9.17) is 16.3 Å². The summed E-state index contributed by atoms with van der Waals surface area (Å²) in [4.78, 5) is 23.1. The maximum Gasteiger partial charge on any atom is 0.322 e. The van der Waals surface area contributed by atoms with Gasteiger partial charge in [-0.3, -0.25) is 4.79 Å². The van der Waals surface area contributed by atoms with Crippen molar-refractivity contribution in [3.63, 3.8) is 0 Å². The van der Waals surface area contributed by atoms with Gasteiger partial charge in [0.2, 0.25) is 17.1 Å². The van der Waals surface area contributed by atoms with E-state index in [0.29, 0.717) is 31.4 Å². The van der Waals surface area contributed by atoms with Crippen LogP contribution in [0.4, 0.5) is 5.95 Å². The van der Waals surface area contributed by atoms with E-state index >= 15 is 0 Å².